The molecule has 0 aliphatic carbocycles. The van der Waals surface area contributed by atoms with Crippen molar-refractivity contribution in [2.75, 3.05) is 0 Å². The van der Waals surface area contributed by atoms with E-state index in [1.165, 1.54) is 0 Å². The molecule has 1 aromatic carbocycles. The van der Waals surface area contributed by atoms with E-state index in [0.29, 0.717) is 10.6 Å². The Kier molecular flexibility index (Phi) is 4.12. The van der Waals surface area contributed by atoms with Crippen LogP contribution < -0.4 is 4.72 Å². The predicted molar refractivity (Wildman–Crippen MR) is 73.2 cm³/mol. The van der Waals surface area contributed by atoms with E-state index >= 15 is 0 Å². The van der Waals surface area contributed by atoms with Gasteiger partial charge in [0, 0.05) is 17.8 Å². The number of halogens is 1. The Bertz CT molecular complexity index is 739. The fourth-order valence-electron chi connectivity index (χ4n) is 1.55. The highest BCUT2D eigenvalue weighted by molar-refractivity contribution is 7.89. The SMILES string of the molecule is O=C(O)c1cc(S(=O)(=O)NCc2ccccc2Cl)c[nH]1. The first kappa shape index (κ1) is 14.6. The Morgan fingerprint density at radius 3 is 2.65 bits per heavy atom. The average Bonchev–Trinajstić information content (AvgIpc) is 2.88. The van der Waals surface area contributed by atoms with Crippen LogP contribution in [0.15, 0.2) is 41.4 Å². The van der Waals surface area contributed by atoms with Crippen LogP contribution >= 0.6 is 11.6 Å². The van der Waals surface area contributed by atoms with Gasteiger partial charge in [0.25, 0.3) is 0 Å². The molecule has 0 saturated heterocycles. The summed E-state index contributed by atoms with van der Waals surface area (Å²) >= 11 is 5.93. The number of carboxylic acids is 1. The molecule has 0 fully saturated rings. The van der Waals surface area contributed by atoms with E-state index < -0.39 is 16.0 Å². The van der Waals surface area contributed by atoms with Gasteiger partial charge in [0.15, 0.2) is 0 Å². The van der Waals surface area contributed by atoms with Gasteiger partial charge in [0.05, 0.1) is 0 Å². The van der Waals surface area contributed by atoms with Crippen molar-refractivity contribution in [3.8, 4) is 0 Å². The highest BCUT2D eigenvalue weighted by atomic mass is 35.5. The number of aromatic carboxylic acids is 1. The molecular formula is C12H11ClN2O4S. The Morgan fingerprint density at radius 1 is 1.35 bits per heavy atom. The van der Waals surface area contributed by atoms with Crippen molar-refractivity contribution in [1.29, 1.82) is 0 Å². The number of hydrogen-bond acceptors (Lipinski definition) is 3. The van der Waals surface area contributed by atoms with Crippen LogP contribution in [-0.2, 0) is 16.6 Å². The molecule has 106 valence electrons. The number of rotatable bonds is 5. The van der Waals surface area contributed by atoms with Gasteiger partial charge in [-0.05, 0) is 17.7 Å². The van der Waals surface area contributed by atoms with Crippen LogP contribution in [0.2, 0.25) is 5.02 Å². The van der Waals surface area contributed by atoms with E-state index in [0.717, 1.165) is 12.3 Å². The zero-order valence-electron chi connectivity index (χ0n) is 10.1. The summed E-state index contributed by atoms with van der Waals surface area (Å²) in [6.45, 7) is 0.0234. The lowest BCUT2D eigenvalue weighted by atomic mass is 10.2. The van der Waals surface area contributed by atoms with Crippen LogP contribution in [0.5, 0.6) is 0 Å². The van der Waals surface area contributed by atoms with Crippen molar-refractivity contribution in [2.24, 2.45) is 0 Å². The van der Waals surface area contributed by atoms with E-state index in [1.807, 2.05) is 0 Å². The first-order valence-electron chi connectivity index (χ1n) is 5.55. The lowest BCUT2D eigenvalue weighted by Crippen LogP contribution is -2.23. The van der Waals surface area contributed by atoms with E-state index in [2.05, 4.69) is 9.71 Å². The number of carboxylic acid groups (broad SMARTS) is 1. The first-order valence-corrected chi connectivity index (χ1v) is 7.41. The summed E-state index contributed by atoms with van der Waals surface area (Å²) in [7, 11) is -3.79. The summed E-state index contributed by atoms with van der Waals surface area (Å²) in [6, 6.07) is 7.89. The summed E-state index contributed by atoms with van der Waals surface area (Å²) in [5.74, 6) is -1.22. The molecule has 0 aliphatic rings. The van der Waals surface area contributed by atoms with Crippen molar-refractivity contribution < 1.29 is 18.3 Å². The molecule has 0 radical (unpaired) electrons. The Hall–Kier alpha value is -1.83. The predicted octanol–water partition coefficient (Wildman–Crippen LogP) is 1.84. The van der Waals surface area contributed by atoms with Crippen LogP contribution in [0.1, 0.15) is 16.1 Å². The number of benzene rings is 1. The first-order chi connectivity index (χ1) is 9.40. The smallest absolute Gasteiger partial charge is 0.352 e. The van der Waals surface area contributed by atoms with Crippen LogP contribution in [0.25, 0.3) is 0 Å². The maximum Gasteiger partial charge on any atom is 0.352 e. The van der Waals surface area contributed by atoms with Gasteiger partial charge in [-0.25, -0.2) is 17.9 Å². The van der Waals surface area contributed by atoms with Crippen molar-refractivity contribution >= 4 is 27.6 Å². The molecule has 1 heterocycles. The van der Waals surface area contributed by atoms with E-state index in [4.69, 9.17) is 16.7 Å². The number of hydrogen-bond donors (Lipinski definition) is 3. The summed E-state index contributed by atoms with van der Waals surface area (Å²) < 4.78 is 26.3. The van der Waals surface area contributed by atoms with Crippen molar-refractivity contribution in [3.05, 3.63) is 52.8 Å². The van der Waals surface area contributed by atoms with E-state index in [1.54, 1.807) is 24.3 Å². The molecule has 0 saturated carbocycles. The molecular weight excluding hydrogens is 304 g/mol. The van der Waals surface area contributed by atoms with Gasteiger partial charge in [0.1, 0.15) is 10.6 Å². The van der Waals surface area contributed by atoms with Gasteiger partial charge in [-0.2, -0.15) is 0 Å². The molecule has 0 aliphatic heterocycles. The third kappa shape index (κ3) is 3.19. The molecule has 0 bridgehead atoms. The van der Waals surface area contributed by atoms with Crippen LogP contribution in [0, 0.1) is 0 Å². The lowest BCUT2D eigenvalue weighted by molar-refractivity contribution is 0.0691. The van der Waals surface area contributed by atoms with Crippen LogP contribution in [0.4, 0.5) is 0 Å². The molecule has 1 aromatic heterocycles. The highest BCUT2D eigenvalue weighted by Gasteiger charge is 2.18. The minimum Gasteiger partial charge on any atom is -0.477 e. The molecule has 0 amide bonds. The Balaban J connectivity index is 2.15. The second-order valence-electron chi connectivity index (χ2n) is 3.97. The van der Waals surface area contributed by atoms with Crippen molar-refractivity contribution in [3.63, 3.8) is 0 Å². The van der Waals surface area contributed by atoms with Gasteiger partial charge in [-0.3, -0.25) is 0 Å². The van der Waals surface area contributed by atoms with Gasteiger partial charge >= 0.3 is 5.97 Å². The van der Waals surface area contributed by atoms with Gasteiger partial charge < -0.3 is 10.1 Å². The number of aromatic nitrogens is 1. The molecule has 0 spiro atoms. The van der Waals surface area contributed by atoms with E-state index in [-0.39, 0.29) is 17.1 Å². The van der Waals surface area contributed by atoms with Crippen molar-refractivity contribution in [1.82, 2.24) is 9.71 Å². The molecule has 2 aromatic rings. The Morgan fingerprint density at radius 2 is 2.05 bits per heavy atom. The number of sulfonamides is 1. The molecule has 20 heavy (non-hydrogen) atoms. The van der Waals surface area contributed by atoms with Crippen LogP contribution in [0.3, 0.4) is 0 Å². The fourth-order valence-corrected chi connectivity index (χ4v) is 2.75. The second-order valence-corrected chi connectivity index (χ2v) is 6.14. The zero-order chi connectivity index (χ0) is 14.8. The molecule has 3 N–H and O–H groups in total. The normalized spacial score (nSPS) is 11.4. The zero-order valence-corrected chi connectivity index (χ0v) is 11.7. The number of nitrogens with one attached hydrogen (secondary N) is 2. The third-order valence-corrected chi connectivity index (χ3v) is 4.36. The Labute approximate surface area is 120 Å². The minimum atomic E-state index is -3.79. The van der Waals surface area contributed by atoms with Crippen LogP contribution in [-0.4, -0.2) is 24.5 Å². The van der Waals surface area contributed by atoms with Gasteiger partial charge in [-0.1, -0.05) is 29.8 Å². The molecule has 2 rings (SSSR count). The number of carbonyl (C=O) groups is 1. The standard InChI is InChI=1S/C12H11ClN2O4S/c13-10-4-2-1-3-8(10)6-15-20(18,19)9-5-11(12(16)17)14-7-9/h1-5,7,14-15H,6H2,(H,16,17). The molecule has 0 atom stereocenters. The number of aromatic amines is 1. The summed E-state index contributed by atoms with van der Waals surface area (Å²) in [4.78, 5) is 12.9. The summed E-state index contributed by atoms with van der Waals surface area (Å²) in [6.07, 6.45) is 1.12. The molecule has 8 heteroatoms. The minimum absolute atomic E-state index is 0.0234. The highest BCUT2D eigenvalue weighted by Crippen LogP contribution is 2.16. The van der Waals surface area contributed by atoms with Gasteiger partial charge in [0.2, 0.25) is 10.0 Å². The average molecular weight is 315 g/mol. The topological polar surface area (TPSA) is 99.3 Å². The fraction of sp³-hybridized carbons (Fsp3) is 0.0833. The maximum atomic E-state index is 12.0. The van der Waals surface area contributed by atoms with E-state index in [9.17, 15) is 13.2 Å². The molecule has 6 nitrogen and oxygen atoms in total. The van der Waals surface area contributed by atoms with Gasteiger partial charge in [-0.15, -0.1) is 0 Å². The third-order valence-electron chi connectivity index (χ3n) is 2.61. The second kappa shape index (κ2) is 5.66. The number of H-pyrrole nitrogens is 1. The largest absolute Gasteiger partial charge is 0.477 e. The quantitative estimate of drug-likeness (QED) is 0.784. The van der Waals surface area contributed by atoms with Crippen molar-refractivity contribution in [2.45, 2.75) is 11.4 Å². The monoisotopic (exact) mass is 314 g/mol. The summed E-state index contributed by atoms with van der Waals surface area (Å²) in [5.41, 5.74) is 0.440. The summed E-state index contributed by atoms with van der Waals surface area (Å²) in [5, 5.41) is 9.20. The molecule has 0 unspecified atom stereocenters. The lowest BCUT2D eigenvalue weighted by Gasteiger charge is -2.06. The maximum absolute atomic E-state index is 12.0.